The van der Waals surface area contributed by atoms with Crippen LogP contribution in [0.3, 0.4) is 0 Å². The second-order valence-corrected chi connectivity index (χ2v) is 2.96. The van der Waals surface area contributed by atoms with E-state index >= 15 is 0 Å². The predicted octanol–water partition coefficient (Wildman–Crippen LogP) is -0.612. The van der Waals surface area contributed by atoms with E-state index in [1.165, 1.54) is 12.4 Å². The topological polar surface area (TPSA) is 101 Å². The molecule has 0 aromatic carbocycles. The number of aromatic nitrogens is 2. The summed E-state index contributed by atoms with van der Waals surface area (Å²) in [5.74, 6) is -0.527. The molecule has 0 aliphatic rings. The largest absolute Gasteiger partial charge is 0.381 e. The van der Waals surface area contributed by atoms with Crippen molar-refractivity contribution >= 4 is 23.5 Å². The van der Waals surface area contributed by atoms with Gasteiger partial charge in [-0.2, -0.15) is 0 Å². The van der Waals surface area contributed by atoms with Gasteiger partial charge in [0.15, 0.2) is 0 Å². The molecule has 4 N–H and O–H groups in total. The number of nitrogens with two attached hydrogens (primary N) is 1. The van der Waals surface area contributed by atoms with E-state index in [1.54, 1.807) is 0 Å². The normalized spacial score (nSPS) is 12.1. The summed E-state index contributed by atoms with van der Waals surface area (Å²) in [5.41, 5.74) is 4.83. The average Bonchev–Trinajstić information content (AvgIpc) is 2.16. The number of anilines is 1. The maximum Gasteiger partial charge on any atom is 0.248 e. The number of rotatable bonds is 4. The number of carbonyl (C=O) groups is 1. The van der Waals surface area contributed by atoms with Gasteiger partial charge in [-0.15, -0.1) is 0 Å². The van der Waals surface area contributed by atoms with Crippen LogP contribution in [0.25, 0.3) is 0 Å². The molecule has 1 atom stereocenters. The van der Waals surface area contributed by atoms with Gasteiger partial charge in [-0.25, -0.2) is 9.97 Å². The number of aliphatic hydroxyl groups excluding tert-OH is 1. The maximum absolute atomic E-state index is 10.4. The zero-order chi connectivity index (χ0) is 10.6. The third kappa shape index (κ3) is 3.15. The lowest BCUT2D eigenvalue weighted by molar-refractivity contribution is -0.125. The number of hydrogen-bond donors (Lipinski definition) is 3. The van der Waals surface area contributed by atoms with Crippen molar-refractivity contribution in [2.24, 2.45) is 5.73 Å². The molecule has 76 valence electrons. The summed E-state index contributed by atoms with van der Waals surface area (Å²) in [6.07, 6.45) is 1.54. The third-order valence-corrected chi connectivity index (χ3v) is 1.60. The molecule has 7 heteroatoms. The van der Waals surface area contributed by atoms with Gasteiger partial charge in [0.05, 0.1) is 24.0 Å². The van der Waals surface area contributed by atoms with Gasteiger partial charge in [0.1, 0.15) is 6.10 Å². The van der Waals surface area contributed by atoms with Crippen molar-refractivity contribution in [2.75, 3.05) is 11.9 Å². The summed E-state index contributed by atoms with van der Waals surface area (Å²) in [7, 11) is 0. The van der Waals surface area contributed by atoms with E-state index in [2.05, 4.69) is 15.3 Å². The number of amides is 1. The smallest absolute Gasteiger partial charge is 0.248 e. The minimum atomic E-state index is -1.26. The van der Waals surface area contributed by atoms with Crippen LogP contribution in [0.4, 0.5) is 5.95 Å². The van der Waals surface area contributed by atoms with Crippen molar-refractivity contribution in [2.45, 2.75) is 6.10 Å². The molecule has 0 saturated carbocycles. The van der Waals surface area contributed by atoms with Crippen LogP contribution >= 0.6 is 11.6 Å². The summed E-state index contributed by atoms with van der Waals surface area (Å²) < 4.78 is 0. The first kappa shape index (κ1) is 10.7. The molecule has 0 saturated heterocycles. The Morgan fingerprint density at radius 1 is 1.64 bits per heavy atom. The Bertz CT molecular complexity index is 316. The number of hydrogen-bond acceptors (Lipinski definition) is 5. The van der Waals surface area contributed by atoms with Gasteiger partial charge in [0, 0.05) is 0 Å². The summed E-state index contributed by atoms with van der Waals surface area (Å²) in [4.78, 5) is 18.0. The lowest BCUT2D eigenvalue weighted by atomic mass is 10.3. The second-order valence-electron chi connectivity index (χ2n) is 2.52. The van der Waals surface area contributed by atoms with Gasteiger partial charge in [-0.05, 0) is 0 Å². The van der Waals surface area contributed by atoms with E-state index in [1.807, 2.05) is 0 Å². The van der Waals surface area contributed by atoms with Crippen LogP contribution < -0.4 is 11.1 Å². The lowest BCUT2D eigenvalue weighted by Gasteiger charge is -2.07. The fraction of sp³-hybridized carbons (Fsp3) is 0.286. The first-order chi connectivity index (χ1) is 6.59. The summed E-state index contributed by atoms with van der Waals surface area (Å²) >= 11 is 5.55. The molecule has 1 aromatic heterocycles. The van der Waals surface area contributed by atoms with Crippen LogP contribution in [0, 0.1) is 0 Å². The molecule has 14 heavy (non-hydrogen) atoms. The summed E-state index contributed by atoms with van der Waals surface area (Å²) in [6.45, 7) is -0.0308. The van der Waals surface area contributed by atoms with E-state index in [0.29, 0.717) is 5.02 Å². The van der Waals surface area contributed by atoms with E-state index in [-0.39, 0.29) is 12.5 Å². The minimum Gasteiger partial charge on any atom is -0.381 e. The monoisotopic (exact) mass is 216 g/mol. The number of primary amides is 1. The van der Waals surface area contributed by atoms with E-state index in [0.717, 1.165) is 0 Å². The quantitative estimate of drug-likeness (QED) is 0.623. The summed E-state index contributed by atoms with van der Waals surface area (Å²) in [6, 6.07) is 0. The molecule has 0 radical (unpaired) electrons. The Morgan fingerprint density at radius 2 is 2.21 bits per heavy atom. The van der Waals surface area contributed by atoms with Crippen LogP contribution in [-0.2, 0) is 4.79 Å². The fourth-order valence-corrected chi connectivity index (χ4v) is 0.790. The van der Waals surface area contributed by atoms with E-state index < -0.39 is 12.0 Å². The standard InChI is InChI=1S/C7H9ClN4O2/c8-4-1-10-7(11-2-4)12-3-5(13)6(9)14/h1-2,5,13H,3H2,(H2,9,14)(H,10,11,12). The fourth-order valence-electron chi connectivity index (χ4n) is 0.692. The Labute approximate surface area is 85.1 Å². The van der Waals surface area contributed by atoms with E-state index in [4.69, 9.17) is 22.4 Å². The van der Waals surface area contributed by atoms with Gasteiger partial charge in [-0.3, -0.25) is 4.79 Å². The minimum absolute atomic E-state index is 0.0308. The maximum atomic E-state index is 10.4. The van der Waals surface area contributed by atoms with Crippen molar-refractivity contribution < 1.29 is 9.90 Å². The van der Waals surface area contributed by atoms with Crippen molar-refractivity contribution in [3.05, 3.63) is 17.4 Å². The molecular formula is C7H9ClN4O2. The van der Waals surface area contributed by atoms with Gasteiger partial charge in [0.2, 0.25) is 11.9 Å². The second kappa shape index (κ2) is 4.73. The first-order valence-corrected chi connectivity index (χ1v) is 4.16. The Balaban J connectivity index is 2.46. The molecule has 0 fully saturated rings. The number of nitrogens with one attached hydrogen (secondary N) is 1. The van der Waals surface area contributed by atoms with Crippen LogP contribution in [0.5, 0.6) is 0 Å². The van der Waals surface area contributed by atoms with Crippen molar-refractivity contribution in [1.29, 1.82) is 0 Å². The van der Waals surface area contributed by atoms with Gasteiger partial charge >= 0.3 is 0 Å². The highest BCUT2D eigenvalue weighted by Gasteiger charge is 2.10. The molecule has 1 rings (SSSR count). The molecular weight excluding hydrogens is 208 g/mol. The average molecular weight is 217 g/mol. The summed E-state index contributed by atoms with van der Waals surface area (Å²) in [5, 5.41) is 12.1. The zero-order valence-electron chi connectivity index (χ0n) is 7.14. The van der Waals surface area contributed by atoms with Crippen LogP contribution in [0.15, 0.2) is 12.4 Å². The van der Waals surface area contributed by atoms with Crippen molar-refractivity contribution in [1.82, 2.24) is 9.97 Å². The Kier molecular flexibility index (Phi) is 3.61. The highest BCUT2D eigenvalue weighted by atomic mass is 35.5. The van der Waals surface area contributed by atoms with Gasteiger partial charge in [-0.1, -0.05) is 11.6 Å². The molecule has 1 aromatic rings. The Hall–Kier alpha value is -1.40. The Morgan fingerprint density at radius 3 is 2.71 bits per heavy atom. The molecule has 0 aliphatic heterocycles. The highest BCUT2D eigenvalue weighted by Crippen LogP contribution is 2.05. The van der Waals surface area contributed by atoms with Crippen LogP contribution in [0.1, 0.15) is 0 Å². The number of aliphatic hydroxyl groups is 1. The highest BCUT2D eigenvalue weighted by molar-refractivity contribution is 6.30. The van der Waals surface area contributed by atoms with Gasteiger partial charge < -0.3 is 16.2 Å². The number of nitrogens with zero attached hydrogens (tertiary/aromatic N) is 2. The number of carbonyl (C=O) groups excluding carboxylic acids is 1. The lowest BCUT2D eigenvalue weighted by Crippen LogP contribution is -2.34. The molecule has 6 nitrogen and oxygen atoms in total. The van der Waals surface area contributed by atoms with Crippen molar-refractivity contribution in [3.63, 3.8) is 0 Å². The van der Waals surface area contributed by atoms with E-state index in [9.17, 15) is 4.79 Å². The zero-order valence-corrected chi connectivity index (χ0v) is 7.90. The molecule has 1 amide bonds. The van der Waals surface area contributed by atoms with Gasteiger partial charge in [0.25, 0.3) is 0 Å². The van der Waals surface area contributed by atoms with Crippen molar-refractivity contribution in [3.8, 4) is 0 Å². The SMILES string of the molecule is NC(=O)C(O)CNc1ncc(Cl)cn1. The van der Waals surface area contributed by atoms with Crippen LogP contribution in [0.2, 0.25) is 5.02 Å². The third-order valence-electron chi connectivity index (χ3n) is 1.40. The molecule has 0 bridgehead atoms. The first-order valence-electron chi connectivity index (χ1n) is 3.78. The molecule has 0 aliphatic carbocycles. The predicted molar refractivity (Wildman–Crippen MR) is 50.7 cm³/mol. The molecule has 0 spiro atoms. The molecule has 1 heterocycles. The molecule has 1 unspecified atom stereocenters. The van der Waals surface area contributed by atoms with Crippen LogP contribution in [-0.4, -0.2) is 33.6 Å². The number of halogens is 1.